The van der Waals surface area contributed by atoms with E-state index in [1.807, 2.05) is 6.92 Å². The molecule has 0 aliphatic heterocycles. The van der Waals surface area contributed by atoms with Gasteiger partial charge in [-0.2, -0.15) is 0 Å². The molecular formula is C18H20FN3O3. The Balaban J connectivity index is 1.69. The van der Waals surface area contributed by atoms with Crippen LogP contribution in [-0.4, -0.2) is 17.4 Å². The second-order valence-electron chi connectivity index (χ2n) is 5.68. The summed E-state index contributed by atoms with van der Waals surface area (Å²) in [6, 6.07) is 12.0. The average Bonchev–Trinajstić information content (AvgIpc) is 2.59. The summed E-state index contributed by atoms with van der Waals surface area (Å²) in [5, 5.41) is 16.6. The molecule has 2 rings (SSSR count). The first-order valence-corrected chi connectivity index (χ1v) is 7.99. The van der Waals surface area contributed by atoms with E-state index in [0.29, 0.717) is 19.4 Å². The van der Waals surface area contributed by atoms with E-state index in [1.165, 1.54) is 24.3 Å². The zero-order chi connectivity index (χ0) is 18.2. The van der Waals surface area contributed by atoms with E-state index < -0.39 is 4.92 Å². The van der Waals surface area contributed by atoms with Crippen molar-refractivity contribution in [1.29, 1.82) is 0 Å². The Morgan fingerprint density at radius 1 is 1.16 bits per heavy atom. The third-order valence-corrected chi connectivity index (χ3v) is 3.74. The van der Waals surface area contributed by atoms with Crippen LogP contribution >= 0.6 is 0 Å². The number of nitro benzene ring substituents is 1. The van der Waals surface area contributed by atoms with Crippen molar-refractivity contribution in [2.45, 2.75) is 25.8 Å². The maximum atomic E-state index is 12.9. The molecule has 0 fully saturated rings. The lowest BCUT2D eigenvalue weighted by Crippen LogP contribution is -2.26. The van der Waals surface area contributed by atoms with Gasteiger partial charge in [0.1, 0.15) is 5.82 Å². The summed E-state index contributed by atoms with van der Waals surface area (Å²) in [4.78, 5) is 22.1. The van der Waals surface area contributed by atoms with Gasteiger partial charge in [-0.25, -0.2) is 4.39 Å². The van der Waals surface area contributed by atoms with E-state index in [4.69, 9.17) is 0 Å². The first-order chi connectivity index (χ1) is 12.0. The van der Waals surface area contributed by atoms with Crippen molar-refractivity contribution in [3.63, 3.8) is 0 Å². The highest BCUT2D eigenvalue weighted by molar-refractivity contribution is 5.76. The highest BCUT2D eigenvalue weighted by Gasteiger charge is 2.09. The van der Waals surface area contributed by atoms with Crippen LogP contribution in [0, 0.1) is 15.9 Å². The predicted molar refractivity (Wildman–Crippen MR) is 93.8 cm³/mol. The Hall–Kier alpha value is -2.96. The van der Waals surface area contributed by atoms with E-state index in [1.54, 1.807) is 24.3 Å². The lowest BCUT2D eigenvalue weighted by molar-refractivity contribution is -0.384. The van der Waals surface area contributed by atoms with Gasteiger partial charge < -0.3 is 10.6 Å². The lowest BCUT2D eigenvalue weighted by Gasteiger charge is -2.14. The van der Waals surface area contributed by atoms with Crippen molar-refractivity contribution >= 4 is 17.3 Å². The number of carbonyl (C=O) groups excluding carboxylic acids is 1. The Labute approximate surface area is 145 Å². The van der Waals surface area contributed by atoms with Gasteiger partial charge in [-0.3, -0.25) is 14.9 Å². The van der Waals surface area contributed by atoms with Gasteiger partial charge in [-0.05, 0) is 43.2 Å². The van der Waals surface area contributed by atoms with E-state index in [-0.39, 0.29) is 23.5 Å². The second-order valence-corrected chi connectivity index (χ2v) is 5.68. The molecule has 1 unspecified atom stereocenters. The molecule has 0 radical (unpaired) electrons. The largest absolute Gasteiger partial charge is 0.385 e. The minimum absolute atomic E-state index is 0.0414. The van der Waals surface area contributed by atoms with Crippen molar-refractivity contribution in [3.05, 3.63) is 70.0 Å². The molecule has 1 atom stereocenters. The van der Waals surface area contributed by atoms with Gasteiger partial charge in [-0.1, -0.05) is 12.1 Å². The number of anilines is 1. The summed E-state index contributed by atoms with van der Waals surface area (Å²) in [5.41, 5.74) is 1.66. The average molecular weight is 345 g/mol. The van der Waals surface area contributed by atoms with Crippen LogP contribution < -0.4 is 10.6 Å². The minimum atomic E-state index is -0.448. The number of nitro groups is 1. The zero-order valence-corrected chi connectivity index (χ0v) is 13.9. The normalized spacial score (nSPS) is 11.6. The summed E-state index contributed by atoms with van der Waals surface area (Å²) in [5.74, 6) is -0.387. The molecule has 6 nitrogen and oxygen atoms in total. The van der Waals surface area contributed by atoms with Gasteiger partial charge in [0.15, 0.2) is 0 Å². The smallest absolute Gasteiger partial charge is 0.269 e. The molecule has 25 heavy (non-hydrogen) atoms. The van der Waals surface area contributed by atoms with Gasteiger partial charge in [0.2, 0.25) is 5.91 Å². The number of halogens is 1. The molecule has 132 valence electrons. The Morgan fingerprint density at radius 2 is 1.80 bits per heavy atom. The number of amides is 1. The van der Waals surface area contributed by atoms with E-state index in [9.17, 15) is 19.3 Å². The predicted octanol–water partition coefficient (Wildman–Crippen LogP) is 3.80. The van der Waals surface area contributed by atoms with Gasteiger partial charge in [-0.15, -0.1) is 0 Å². The monoisotopic (exact) mass is 345 g/mol. The second kappa shape index (κ2) is 8.77. The number of nitrogens with zero attached hydrogens (tertiary/aromatic N) is 1. The van der Waals surface area contributed by atoms with Crippen LogP contribution in [0.2, 0.25) is 0 Å². The minimum Gasteiger partial charge on any atom is -0.385 e. The Morgan fingerprint density at radius 3 is 2.40 bits per heavy atom. The molecule has 1 amide bonds. The third kappa shape index (κ3) is 5.87. The molecular weight excluding hydrogens is 325 g/mol. The van der Waals surface area contributed by atoms with Gasteiger partial charge >= 0.3 is 0 Å². The number of non-ortho nitro benzene ring substituents is 1. The van der Waals surface area contributed by atoms with Crippen LogP contribution in [0.1, 0.15) is 31.4 Å². The zero-order valence-electron chi connectivity index (χ0n) is 13.9. The number of carbonyl (C=O) groups is 1. The van der Waals surface area contributed by atoms with Crippen LogP contribution in [0.25, 0.3) is 0 Å². The summed E-state index contributed by atoms with van der Waals surface area (Å²) in [6.07, 6.45) is 0.977. The number of benzene rings is 2. The highest BCUT2D eigenvalue weighted by atomic mass is 19.1. The van der Waals surface area contributed by atoms with Crippen molar-refractivity contribution in [1.82, 2.24) is 5.32 Å². The molecule has 7 heteroatoms. The summed E-state index contributed by atoms with van der Waals surface area (Å²) >= 11 is 0. The summed E-state index contributed by atoms with van der Waals surface area (Å²) in [6.45, 7) is 2.43. The quantitative estimate of drug-likeness (QED) is 0.433. The fourth-order valence-corrected chi connectivity index (χ4v) is 2.33. The Kier molecular flexibility index (Phi) is 6.45. The van der Waals surface area contributed by atoms with Gasteiger partial charge in [0.05, 0.1) is 11.0 Å². The van der Waals surface area contributed by atoms with Crippen LogP contribution in [-0.2, 0) is 4.79 Å². The maximum Gasteiger partial charge on any atom is 0.269 e. The molecule has 0 aromatic heterocycles. The molecule has 0 bridgehead atoms. The van der Waals surface area contributed by atoms with Crippen LogP contribution in [0.3, 0.4) is 0 Å². The third-order valence-electron chi connectivity index (χ3n) is 3.74. The molecule has 2 aromatic carbocycles. The number of rotatable bonds is 8. The molecule has 2 aromatic rings. The SMILES string of the molecule is CC(NC(=O)CCCNc1ccc([N+](=O)[O-])cc1)c1ccc(F)cc1. The summed E-state index contributed by atoms with van der Waals surface area (Å²) < 4.78 is 12.9. The lowest BCUT2D eigenvalue weighted by atomic mass is 10.1. The fraction of sp³-hybridized carbons (Fsp3) is 0.278. The molecule has 0 aliphatic rings. The molecule has 0 saturated heterocycles. The van der Waals surface area contributed by atoms with Crippen LogP contribution in [0.15, 0.2) is 48.5 Å². The molecule has 0 saturated carbocycles. The van der Waals surface area contributed by atoms with Gasteiger partial charge in [0.25, 0.3) is 5.69 Å². The van der Waals surface area contributed by atoms with E-state index in [0.717, 1.165) is 11.3 Å². The fourth-order valence-electron chi connectivity index (χ4n) is 2.33. The highest BCUT2D eigenvalue weighted by Crippen LogP contribution is 2.16. The van der Waals surface area contributed by atoms with E-state index in [2.05, 4.69) is 10.6 Å². The van der Waals surface area contributed by atoms with Crippen LogP contribution in [0.5, 0.6) is 0 Å². The van der Waals surface area contributed by atoms with Crippen molar-refractivity contribution < 1.29 is 14.1 Å². The first kappa shape index (κ1) is 18.4. The maximum absolute atomic E-state index is 12.9. The molecule has 0 heterocycles. The van der Waals surface area contributed by atoms with Gasteiger partial charge in [0, 0.05) is 30.8 Å². The number of hydrogen-bond donors (Lipinski definition) is 2. The van der Waals surface area contributed by atoms with Crippen molar-refractivity contribution in [3.8, 4) is 0 Å². The van der Waals surface area contributed by atoms with E-state index >= 15 is 0 Å². The number of hydrogen-bond acceptors (Lipinski definition) is 4. The van der Waals surface area contributed by atoms with Crippen molar-refractivity contribution in [2.75, 3.05) is 11.9 Å². The Bertz CT molecular complexity index is 717. The first-order valence-electron chi connectivity index (χ1n) is 7.99. The van der Waals surface area contributed by atoms with Crippen molar-refractivity contribution in [2.24, 2.45) is 0 Å². The summed E-state index contributed by atoms with van der Waals surface area (Å²) in [7, 11) is 0. The number of nitrogens with one attached hydrogen (secondary N) is 2. The topological polar surface area (TPSA) is 84.3 Å². The standard InChI is InChI=1S/C18H20FN3O3/c1-13(14-4-6-15(19)7-5-14)21-18(23)3-2-12-20-16-8-10-17(11-9-16)22(24)25/h4-11,13,20H,2-3,12H2,1H3,(H,21,23). The molecule has 0 spiro atoms. The molecule has 2 N–H and O–H groups in total. The molecule has 0 aliphatic carbocycles. The van der Waals surface area contributed by atoms with Crippen LogP contribution in [0.4, 0.5) is 15.8 Å².